The van der Waals surface area contributed by atoms with E-state index in [4.69, 9.17) is 10.2 Å². The van der Waals surface area contributed by atoms with Gasteiger partial charge in [0.25, 0.3) is 0 Å². The van der Waals surface area contributed by atoms with Crippen molar-refractivity contribution in [2.24, 2.45) is 0 Å². The third-order valence-corrected chi connectivity index (χ3v) is 8.61. The Morgan fingerprint density at radius 1 is 0.341 bits per heavy atom. The Kier molecular flexibility index (Phi) is 5.47. The van der Waals surface area contributed by atoms with E-state index in [0.29, 0.717) is 0 Å². The van der Waals surface area contributed by atoms with Gasteiger partial charge in [0.15, 0.2) is 0 Å². The number of hydrogen-bond acceptors (Lipinski definition) is 2. The molecule has 0 atom stereocenters. The summed E-state index contributed by atoms with van der Waals surface area (Å²) >= 11 is 0. The first-order valence-electron chi connectivity index (χ1n) is 14.8. The third-order valence-electron chi connectivity index (χ3n) is 8.61. The highest BCUT2D eigenvalue weighted by Gasteiger charge is 2.15. The van der Waals surface area contributed by atoms with Gasteiger partial charge in [0.2, 0.25) is 0 Å². The minimum atomic E-state index is 0.959. The minimum Gasteiger partial charge on any atom is -0.240 e. The number of hydrogen-bond donors (Lipinski definition) is 0. The fraction of sp³-hybridized carbons (Fsp3) is 0. The van der Waals surface area contributed by atoms with Crippen LogP contribution in [-0.4, -0.2) is 19.6 Å². The molecule has 0 aliphatic rings. The zero-order chi connectivity index (χ0) is 29.0. The molecule has 0 radical (unpaired) electrons. The Bertz CT molecular complexity index is 2210. The Morgan fingerprint density at radius 2 is 0.659 bits per heavy atom. The highest BCUT2D eigenvalue weighted by molar-refractivity contribution is 6.13. The van der Waals surface area contributed by atoms with Crippen LogP contribution in [0.3, 0.4) is 0 Å². The highest BCUT2D eigenvalue weighted by atomic mass is 15.3. The molecule has 2 aromatic heterocycles. The van der Waals surface area contributed by atoms with Crippen molar-refractivity contribution in [3.8, 4) is 33.9 Å². The highest BCUT2D eigenvalue weighted by Crippen LogP contribution is 2.37. The smallest absolute Gasteiger partial charge is 0.0940 e. The average molecular weight is 563 g/mol. The standard InChI is InChI=1S/C40H26N4/c1-5-13-33-27(9-1)25-28-10-2-6-14-34(28)39(33)37-21-23-43(41-37)31-17-19-32(20-18-31)44-24-22-38(42-44)40-35-15-7-3-11-29(35)26-30-12-4-8-16-36(30)40/h1-26H. The molecular formula is C40H26N4. The molecule has 0 spiro atoms. The summed E-state index contributed by atoms with van der Waals surface area (Å²) in [4.78, 5) is 0. The summed E-state index contributed by atoms with van der Waals surface area (Å²) in [5.74, 6) is 0. The number of fused-ring (bicyclic) bond motifs is 4. The topological polar surface area (TPSA) is 35.6 Å². The first-order valence-corrected chi connectivity index (χ1v) is 14.8. The number of aromatic nitrogens is 4. The SMILES string of the molecule is c1ccc2c(-c3ccn(-c4ccc(-n5ccc(-c6c7ccccc7cc7ccccc67)n5)cc4)n3)c3ccccc3cc2c1. The predicted octanol–water partition coefficient (Wildman–Crippen LogP) is 10.0. The van der Waals surface area contributed by atoms with Gasteiger partial charge in [0.1, 0.15) is 0 Å². The molecule has 9 aromatic rings. The van der Waals surface area contributed by atoms with Gasteiger partial charge in [0.05, 0.1) is 22.8 Å². The molecule has 0 aliphatic carbocycles. The average Bonchev–Trinajstić information content (AvgIpc) is 3.77. The van der Waals surface area contributed by atoms with Crippen molar-refractivity contribution in [1.82, 2.24) is 19.6 Å². The molecule has 7 aromatic carbocycles. The molecule has 2 heterocycles. The van der Waals surface area contributed by atoms with Crippen LogP contribution in [0.1, 0.15) is 0 Å². The molecule has 0 unspecified atom stereocenters. The lowest BCUT2D eigenvalue weighted by Gasteiger charge is -2.10. The van der Waals surface area contributed by atoms with Crippen molar-refractivity contribution in [3.63, 3.8) is 0 Å². The second kappa shape index (κ2) is 9.79. The van der Waals surface area contributed by atoms with Crippen LogP contribution in [-0.2, 0) is 0 Å². The summed E-state index contributed by atoms with van der Waals surface area (Å²) in [6, 6.07) is 51.3. The second-order valence-corrected chi connectivity index (χ2v) is 11.2. The van der Waals surface area contributed by atoms with Crippen LogP contribution in [0.15, 0.2) is 158 Å². The first-order chi connectivity index (χ1) is 21.8. The monoisotopic (exact) mass is 562 g/mol. The summed E-state index contributed by atoms with van der Waals surface area (Å²) in [6.45, 7) is 0. The molecule has 0 N–H and O–H groups in total. The summed E-state index contributed by atoms with van der Waals surface area (Å²) in [6.07, 6.45) is 4.08. The number of rotatable bonds is 4. The lowest BCUT2D eigenvalue weighted by Crippen LogP contribution is -1.98. The predicted molar refractivity (Wildman–Crippen MR) is 182 cm³/mol. The van der Waals surface area contributed by atoms with Crippen molar-refractivity contribution < 1.29 is 0 Å². The zero-order valence-electron chi connectivity index (χ0n) is 23.8. The second-order valence-electron chi connectivity index (χ2n) is 11.2. The quantitative estimate of drug-likeness (QED) is 0.200. The third kappa shape index (κ3) is 3.92. The van der Waals surface area contributed by atoms with Crippen molar-refractivity contribution in [2.75, 3.05) is 0 Å². The summed E-state index contributed by atoms with van der Waals surface area (Å²) in [5.41, 5.74) is 6.24. The van der Waals surface area contributed by atoms with Gasteiger partial charge < -0.3 is 0 Å². The van der Waals surface area contributed by atoms with E-state index in [1.807, 2.05) is 21.8 Å². The minimum absolute atomic E-state index is 0.959. The molecule has 0 saturated carbocycles. The van der Waals surface area contributed by atoms with Crippen molar-refractivity contribution in [1.29, 1.82) is 0 Å². The molecule has 4 nitrogen and oxygen atoms in total. The van der Waals surface area contributed by atoms with Crippen LogP contribution in [0.5, 0.6) is 0 Å². The fourth-order valence-corrected chi connectivity index (χ4v) is 6.54. The molecule has 4 heteroatoms. The van der Waals surface area contributed by atoms with Crippen LogP contribution in [0, 0.1) is 0 Å². The Labute approximate surface area is 254 Å². The van der Waals surface area contributed by atoms with Crippen LogP contribution in [0.2, 0.25) is 0 Å². The van der Waals surface area contributed by atoms with E-state index in [9.17, 15) is 0 Å². The van der Waals surface area contributed by atoms with Gasteiger partial charge >= 0.3 is 0 Å². The lowest BCUT2D eigenvalue weighted by molar-refractivity contribution is 0.868. The molecule has 9 rings (SSSR count). The molecule has 44 heavy (non-hydrogen) atoms. The van der Waals surface area contributed by atoms with Crippen molar-refractivity contribution in [2.45, 2.75) is 0 Å². The van der Waals surface area contributed by atoms with Crippen LogP contribution in [0.4, 0.5) is 0 Å². The Morgan fingerprint density at radius 3 is 1.00 bits per heavy atom. The summed E-state index contributed by atoms with van der Waals surface area (Å²) < 4.78 is 3.90. The summed E-state index contributed by atoms with van der Waals surface area (Å²) in [5, 5.41) is 19.8. The van der Waals surface area contributed by atoms with Crippen LogP contribution < -0.4 is 0 Å². The first kappa shape index (κ1) is 24.6. The normalized spacial score (nSPS) is 11.6. The number of benzene rings is 7. The van der Waals surface area contributed by atoms with E-state index < -0.39 is 0 Å². The van der Waals surface area contributed by atoms with E-state index in [2.05, 4.69) is 146 Å². The molecule has 0 bridgehead atoms. The Hall–Kier alpha value is -6.00. The van der Waals surface area contributed by atoms with E-state index in [0.717, 1.165) is 22.8 Å². The number of nitrogens with zero attached hydrogens (tertiary/aromatic N) is 4. The van der Waals surface area contributed by atoms with Gasteiger partial charge in [-0.15, -0.1) is 0 Å². The van der Waals surface area contributed by atoms with E-state index in [-0.39, 0.29) is 0 Å². The van der Waals surface area contributed by atoms with Gasteiger partial charge in [-0.1, -0.05) is 97.1 Å². The van der Waals surface area contributed by atoms with Crippen LogP contribution >= 0.6 is 0 Å². The molecule has 0 fully saturated rings. The van der Waals surface area contributed by atoms with Gasteiger partial charge in [-0.2, -0.15) is 10.2 Å². The maximum atomic E-state index is 5.05. The molecular weight excluding hydrogens is 536 g/mol. The largest absolute Gasteiger partial charge is 0.240 e. The summed E-state index contributed by atoms with van der Waals surface area (Å²) in [7, 11) is 0. The fourth-order valence-electron chi connectivity index (χ4n) is 6.54. The molecule has 0 saturated heterocycles. The van der Waals surface area contributed by atoms with Gasteiger partial charge in [-0.05, 0) is 91.6 Å². The van der Waals surface area contributed by atoms with Gasteiger partial charge in [0, 0.05) is 23.5 Å². The van der Waals surface area contributed by atoms with Gasteiger partial charge in [-0.25, -0.2) is 9.36 Å². The van der Waals surface area contributed by atoms with Crippen LogP contribution in [0.25, 0.3) is 77.0 Å². The maximum absolute atomic E-state index is 5.05. The van der Waals surface area contributed by atoms with Crippen molar-refractivity contribution >= 4 is 43.1 Å². The molecule has 0 aliphatic heterocycles. The van der Waals surface area contributed by atoms with E-state index in [1.54, 1.807) is 0 Å². The van der Waals surface area contributed by atoms with E-state index in [1.165, 1.54) is 54.2 Å². The lowest BCUT2D eigenvalue weighted by atomic mass is 9.95. The van der Waals surface area contributed by atoms with E-state index >= 15 is 0 Å². The van der Waals surface area contributed by atoms with Crippen molar-refractivity contribution in [3.05, 3.63) is 158 Å². The van der Waals surface area contributed by atoms with Gasteiger partial charge in [-0.3, -0.25) is 0 Å². The molecule has 206 valence electrons. The maximum Gasteiger partial charge on any atom is 0.0940 e. The Balaban J connectivity index is 1.08. The zero-order valence-corrected chi connectivity index (χ0v) is 23.8. The molecule has 0 amide bonds.